The Bertz CT molecular complexity index is 5970. The maximum Gasteiger partial charge on any atom is 0.254 e. The Balaban J connectivity index is 0.000000181. The molecule has 4 saturated heterocycles. The van der Waals surface area contributed by atoms with Crippen LogP contribution in [-0.4, -0.2) is 188 Å². The molecule has 135 heavy (non-hydrogen) atoms. The minimum atomic E-state index is -3.89. The fourth-order valence-electron chi connectivity index (χ4n) is 17.2. The van der Waals surface area contributed by atoms with E-state index >= 15 is 0 Å². The number of phenolic OH excluding ortho intramolecular Hbond substituents is 2. The van der Waals surface area contributed by atoms with Gasteiger partial charge in [-0.25, -0.2) is 16.8 Å². The molecule has 4 fully saturated rings. The third-order valence-electron chi connectivity index (χ3n) is 24.4. The van der Waals surface area contributed by atoms with E-state index in [-0.39, 0.29) is 77.7 Å². The van der Waals surface area contributed by atoms with Gasteiger partial charge < -0.3 is 48.1 Å². The van der Waals surface area contributed by atoms with Crippen molar-refractivity contribution < 1.29 is 64.9 Å². The van der Waals surface area contributed by atoms with Gasteiger partial charge >= 0.3 is 0 Å². The van der Waals surface area contributed by atoms with Gasteiger partial charge in [0.15, 0.2) is 33.2 Å². The molecule has 0 spiro atoms. The molecule has 4 atom stereocenters. The average Bonchev–Trinajstić information content (AvgIpc) is 1.64. The van der Waals surface area contributed by atoms with Crippen LogP contribution in [0.4, 0.5) is 0 Å². The van der Waals surface area contributed by atoms with Crippen LogP contribution in [0.25, 0.3) is 68.3 Å². The Hall–Kier alpha value is -10.1. The van der Waals surface area contributed by atoms with Crippen molar-refractivity contribution in [3.8, 4) is 103 Å². The number of methoxy groups -OCH3 is 4. The van der Waals surface area contributed by atoms with E-state index in [1.165, 1.54) is 80.8 Å². The van der Waals surface area contributed by atoms with Crippen molar-refractivity contribution in [3.05, 3.63) is 206 Å². The zero-order chi connectivity index (χ0) is 95.5. The summed E-state index contributed by atoms with van der Waals surface area (Å²) in [6.45, 7) is 32.7. The highest BCUT2D eigenvalue weighted by atomic mass is 79.9. The Labute approximate surface area is 816 Å². The molecule has 4 aliphatic heterocycles. The predicted molar refractivity (Wildman–Crippen MR) is 545 cm³/mol. The van der Waals surface area contributed by atoms with E-state index in [1.807, 2.05) is 73.9 Å². The van der Waals surface area contributed by atoms with Crippen LogP contribution in [0.1, 0.15) is 227 Å². The maximum absolute atomic E-state index is 13.5. The van der Waals surface area contributed by atoms with Crippen molar-refractivity contribution >= 4 is 59.6 Å². The van der Waals surface area contributed by atoms with Crippen LogP contribution < -0.4 is 18.9 Å². The predicted octanol–water partition coefficient (Wildman–Crippen LogP) is 23.8. The van der Waals surface area contributed by atoms with Gasteiger partial charge in [-0.05, 0) is 331 Å². The number of ether oxygens (including phenoxy) is 8. The largest absolute Gasteiger partial charge is 0.508 e. The summed E-state index contributed by atoms with van der Waals surface area (Å²) in [6.07, 6.45) is 12.6. The summed E-state index contributed by atoms with van der Waals surface area (Å²) in [5, 5.41) is 56.1. The summed E-state index contributed by atoms with van der Waals surface area (Å²) in [5.74, 6) is 6.78. The first-order chi connectivity index (χ1) is 63.7. The molecule has 26 nitrogen and oxygen atoms in total. The molecule has 3 N–H and O–H groups in total. The highest BCUT2D eigenvalue weighted by Crippen LogP contribution is 2.42. The van der Waals surface area contributed by atoms with E-state index in [4.69, 9.17) is 50.1 Å². The molecule has 4 aliphatic rings. The van der Waals surface area contributed by atoms with Crippen LogP contribution >= 0.6 is 39.9 Å². The lowest BCUT2D eigenvalue weighted by Crippen LogP contribution is -2.29. The van der Waals surface area contributed by atoms with Crippen molar-refractivity contribution in [1.82, 2.24) is 59.1 Å². The topological polar surface area (TPSA) is 308 Å². The summed E-state index contributed by atoms with van der Waals surface area (Å²) >= 11 is 10.6. The quantitative estimate of drug-likeness (QED) is 0.0258. The van der Waals surface area contributed by atoms with Gasteiger partial charge in [0.1, 0.15) is 34.5 Å². The number of hydrogen-bond acceptors (Lipinski definition) is 23. The first-order valence-corrected chi connectivity index (χ1v) is 51.7. The van der Waals surface area contributed by atoms with Gasteiger partial charge in [-0.2, -0.15) is 5.10 Å². The first-order valence-electron chi connectivity index (χ1n) is 45.9. The van der Waals surface area contributed by atoms with Gasteiger partial charge in [-0.15, -0.1) is 30.6 Å². The molecule has 0 bridgehead atoms. The van der Waals surface area contributed by atoms with Gasteiger partial charge in [0, 0.05) is 66.0 Å². The summed E-state index contributed by atoms with van der Waals surface area (Å²) in [6, 6.07) is 46.1. The Kier molecular flexibility index (Phi) is 39.0. The molecule has 8 aromatic carbocycles. The van der Waals surface area contributed by atoms with Gasteiger partial charge in [0.2, 0.25) is 19.7 Å². The van der Waals surface area contributed by atoms with Crippen molar-refractivity contribution in [2.75, 3.05) is 77.5 Å². The molecule has 8 heterocycles. The van der Waals surface area contributed by atoms with Crippen LogP contribution in [0, 0.1) is 46.3 Å². The molecule has 4 aromatic heterocycles. The fraction of sp³-hybridized carbons (Fsp3) is 0.462. The van der Waals surface area contributed by atoms with Crippen LogP contribution in [-0.2, 0) is 38.6 Å². The Morgan fingerprint density at radius 1 is 0.400 bits per heavy atom. The van der Waals surface area contributed by atoms with Crippen molar-refractivity contribution in [2.24, 2.45) is 0 Å². The number of benzene rings is 8. The van der Waals surface area contributed by atoms with Gasteiger partial charge in [0.05, 0.1) is 87.0 Å². The molecule has 4 unspecified atom stereocenters. The third-order valence-corrected chi connectivity index (χ3v) is 29.7. The summed E-state index contributed by atoms with van der Waals surface area (Å²) in [7, 11) is -1.15. The smallest absolute Gasteiger partial charge is 0.254 e. The lowest BCUT2D eigenvalue weighted by Gasteiger charge is -2.22. The van der Waals surface area contributed by atoms with E-state index in [1.54, 1.807) is 87.2 Å². The molecule has 12 aromatic rings. The van der Waals surface area contributed by atoms with E-state index in [0.29, 0.717) is 82.5 Å². The van der Waals surface area contributed by atoms with Crippen LogP contribution in [0.2, 0.25) is 0 Å². The number of thioether (sulfide) groups is 1. The number of aromatic nitrogens is 12. The number of nitrogens with one attached hydrogen (secondary N) is 1. The first kappa shape index (κ1) is 107. The van der Waals surface area contributed by atoms with E-state index in [0.717, 1.165) is 131 Å². The molecule has 16 rings (SSSR count). The van der Waals surface area contributed by atoms with Crippen LogP contribution in [0.5, 0.6) is 34.5 Å². The molecule has 0 aliphatic carbocycles. The number of aromatic hydroxyl groups is 2. The SMILES string of the molecule is BrCC1CCCCO1.C.C.COc1ccc(-n2c(-c3cc(C(C)C)c(C)cc3C)n[nH]c2=S)cc1.COc1ccc(-n2c(-c3cc(C(C)C)c(C)cc3C)nnc2S(=O)(=O)CC2CCCCO2)cc1.COc1ccc(-n2c(-c3cc(C(C)C)c(O)cc3O)nnc2S(=O)(=O)CC2CCCCO2)cc1.COc1ccc(-n2c(SCC3CCCCO3)nnc2-c2cc(C(C)C)c(C)cc2C)cc1. The number of rotatable bonds is 26. The molecular formula is C104H137BrN12O14S4. The van der Waals surface area contributed by atoms with Crippen molar-refractivity contribution in [2.45, 2.75) is 252 Å². The van der Waals surface area contributed by atoms with Gasteiger partial charge in [-0.3, -0.25) is 23.4 Å². The van der Waals surface area contributed by atoms with Crippen LogP contribution in [0.15, 0.2) is 161 Å². The van der Waals surface area contributed by atoms with Crippen LogP contribution in [0.3, 0.4) is 0 Å². The number of aryl methyl sites for hydroxylation is 6. The zero-order valence-corrected chi connectivity index (χ0v) is 84.7. The lowest BCUT2D eigenvalue weighted by molar-refractivity contribution is 0.0302. The Morgan fingerprint density at radius 3 is 1.06 bits per heavy atom. The summed E-state index contributed by atoms with van der Waals surface area (Å²) in [5.41, 5.74) is 18.2. The number of nitrogens with zero attached hydrogens (tertiary/aromatic N) is 11. The maximum atomic E-state index is 13.5. The number of hydrogen-bond donors (Lipinski definition) is 3. The highest BCUT2D eigenvalue weighted by Gasteiger charge is 2.35. The number of sulfone groups is 2. The summed E-state index contributed by atoms with van der Waals surface area (Å²) in [4.78, 5) is 0. The normalized spacial score (nSPS) is 16.2. The minimum Gasteiger partial charge on any atom is -0.508 e. The average molecular weight is 1990 g/mol. The second kappa shape index (κ2) is 49.3. The number of H-pyrrole nitrogens is 1. The molecule has 0 saturated carbocycles. The third kappa shape index (κ3) is 26.6. The fourth-order valence-corrected chi connectivity index (χ4v) is 22.0. The van der Waals surface area contributed by atoms with Gasteiger partial charge in [0.25, 0.3) is 10.3 Å². The molecule has 31 heteroatoms. The number of phenols is 2. The van der Waals surface area contributed by atoms with Gasteiger partial charge in [-0.1, -0.05) is 116 Å². The number of halogens is 1. The lowest BCUT2D eigenvalue weighted by atomic mass is 9.93. The highest BCUT2D eigenvalue weighted by molar-refractivity contribution is 9.09. The minimum absolute atomic E-state index is 0. The van der Waals surface area contributed by atoms with Crippen molar-refractivity contribution in [3.63, 3.8) is 0 Å². The van der Waals surface area contributed by atoms with E-state index < -0.39 is 25.8 Å². The standard InChI is InChI=1S/C26H33N3O4S.C26H33N3O2S.C24H29N3O6S.C20H23N3OS.C6H11BrO.2CH4/c1-17(2)23-15-24(19(4)14-18(23)3)25-27-28-26(29(25)20-9-11-21(32-5)12-10-20)34(30,31)16-22-8-6-7-13-33-22;1-17(2)23-15-24(19(4)14-18(23)3)25-27-28-26(32-16-22-8-6-7-13-31-22)29(25)20-9-11-21(30-5)12-10-20;1-15(2)19-12-20(22(29)13-21(19)28)23-25-26-24(27(23)16-7-9-17(32-3)10-8-16)34(30,31)14-18-6-4-5-11-33-18;1-12(2)17-11-18(14(4)10-13(17)3)19-21-22-20(25)23(19)15-6-8-16(24-5)9-7-15;7-5-6-3-1-2-4-8-6;;/h9-12,14-15,17,22H,6-8,13,16H2,1-5H3;9-12,14-15,17,22H,6-8,13,16H2,1-5H3;7-10,12-13,15,18,28-29H,4-6,11,14H2,1-3H3;6-12H,1-5H3,(H,22,25);6H,1-5H2;2*1H4. The monoisotopic (exact) mass is 1980 g/mol. The zero-order valence-electron chi connectivity index (χ0n) is 79.8. The van der Waals surface area contributed by atoms with Crippen molar-refractivity contribution in [1.29, 1.82) is 0 Å². The van der Waals surface area contributed by atoms with E-state index in [2.05, 4.69) is 186 Å². The molecular weight excluding hydrogens is 1850 g/mol. The summed E-state index contributed by atoms with van der Waals surface area (Å²) < 4.78 is 106. The van der Waals surface area contributed by atoms with E-state index in [9.17, 15) is 27.0 Å². The molecule has 728 valence electrons. The second-order valence-corrected chi connectivity index (χ2v) is 41.4. The molecule has 0 radical (unpaired) electrons. The number of aromatic amines is 1. The number of alkyl halides is 1. The Morgan fingerprint density at radius 2 is 0.719 bits per heavy atom. The second-order valence-electron chi connectivity index (χ2n) is 35.5. The molecule has 0 amide bonds.